The minimum Gasteiger partial charge on any atom is -0.437 e. The molecule has 28 heavy (non-hydrogen) atoms. The quantitative estimate of drug-likeness (QED) is 0.331. The lowest BCUT2D eigenvalue weighted by Gasteiger charge is -2.01. The molecule has 0 radical (unpaired) electrons. The van der Waals surface area contributed by atoms with Gasteiger partial charge in [0, 0.05) is 22.8 Å². The molecule has 0 amide bonds. The highest BCUT2D eigenvalue weighted by Gasteiger charge is 2.33. The molecule has 0 saturated heterocycles. The predicted molar refractivity (Wildman–Crippen MR) is 110 cm³/mol. The number of aryl methyl sites for hydroxylation is 2. The Bertz CT molecular complexity index is 1230. The van der Waals surface area contributed by atoms with Crippen molar-refractivity contribution in [3.8, 4) is 10.6 Å². The van der Waals surface area contributed by atoms with E-state index in [1.54, 1.807) is 12.1 Å². The van der Waals surface area contributed by atoms with Gasteiger partial charge in [0.1, 0.15) is 10.8 Å². The second-order valence-corrected chi connectivity index (χ2v) is 7.93. The van der Waals surface area contributed by atoms with Crippen LogP contribution in [-0.4, -0.2) is 16.6 Å². The van der Waals surface area contributed by atoms with Gasteiger partial charge in [-0.1, -0.05) is 30.3 Å². The molecule has 0 saturated carbocycles. The van der Waals surface area contributed by atoms with Crippen LogP contribution in [0.1, 0.15) is 37.6 Å². The fourth-order valence-electron chi connectivity index (χ4n) is 3.39. The summed E-state index contributed by atoms with van der Waals surface area (Å²) < 4.78 is 6.68. The Labute approximate surface area is 165 Å². The van der Waals surface area contributed by atoms with Crippen LogP contribution < -0.4 is 0 Å². The molecule has 5 heteroatoms. The number of aromatic nitrogens is 1. The molecular weight excluding hydrogens is 370 g/mol. The minimum atomic E-state index is -0.249. The molecule has 0 atom stereocenters. The number of hydrogen-bond donors (Lipinski definition) is 0. The van der Waals surface area contributed by atoms with Crippen molar-refractivity contribution in [2.45, 2.75) is 13.8 Å². The van der Waals surface area contributed by atoms with Gasteiger partial charge in [-0.05, 0) is 43.2 Å². The Morgan fingerprint density at radius 2 is 1.57 bits per heavy atom. The molecule has 5 rings (SSSR count). The maximum atomic E-state index is 12.7. The molecule has 1 aliphatic rings. The molecular formula is C23H15NO3S. The maximum Gasteiger partial charge on any atom is 0.238 e. The summed E-state index contributed by atoms with van der Waals surface area (Å²) >= 11 is 1.52. The highest BCUT2D eigenvalue weighted by Crippen LogP contribution is 2.34. The van der Waals surface area contributed by atoms with Crippen LogP contribution >= 0.6 is 11.3 Å². The van der Waals surface area contributed by atoms with Crippen LogP contribution in [0.5, 0.6) is 0 Å². The SMILES string of the molecule is Cc1cc2c(cc1C)C(=O)C(=Cc1cc3sc(-c4ccccc4)nc3o1)C2=O. The van der Waals surface area contributed by atoms with Gasteiger partial charge < -0.3 is 4.42 Å². The van der Waals surface area contributed by atoms with Crippen LogP contribution in [0.4, 0.5) is 0 Å². The van der Waals surface area contributed by atoms with Crippen molar-refractivity contribution in [2.24, 2.45) is 0 Å². The fourth-order valence-corrected chi connectivity index (χ4v) is 4.33. The second-order valence-electron chi connectivity index (χ2n) is 6.90. The molecule has 2 aromatic carbocycles. The third-order valence-electron chi connectivity index (χ3n) is 5.03. The summed E-state index contributed by atoms with van der Waals surface area (Å²) in [6, 6.07) is 15.3. The number of benzene rings is 2. The first-order valence-electron chi connectivity index (χ1n) is 8.89. The zero-order chi connectivity index (χ0) is 19.4. The first kappa shape index (κ1) is 16.8. The van der Waals surface area contributed by atoms with Gasteiger partial charge in [-0.3, -0.25) is 9.59 Å². The van der Waals surface area contributed by atoms with Gasteiger partial charge in [0.2, 0.25) is 5.71 Å². The van der Waals surface area contributed by atoms with Crippen LogP contribution in [0.25, 0.3) is 27.1 Å². The molecule has 2 heterocycles. The van der Waals surface area contributed by atoms with E-state index in [1.165, 1.54) is 17.4 Å². The summed E-state index contributed by atoms with van der Waals surface area (Å²) in [7, 11) is 0. The number of nitrogens with zero attached hydrogens (tertiary/aromatic N) is 1. The topological polar surface area (TPSA) is 60.2 Å². The van der Waals surface area contributed by atoms with Crippen LogP contribution in [-0.2, 0) is 0 Å². The molecule has 136 valence electrons. The van der Waals surface area contributed by atoms with E-state index in [2.05, 4.69) is 4.98 Å². The van der Waals surface area contributed by atoms with E-state index in [9.17, 15) is 9.59 Å². The van der Waals surface area contributed by atoms with E-state index in [1.807, 2.05) is 50.2 Å². The van der Waals surface area contributed by atoms with Gasteiger partial charge in [0.25, 0.3) is 0 Å². The number of carbonyl (C=O) groups is 2. The molecule has 0 unspecified atom stereocenters. The Morgan fingerprint density at radius 1 is 0.929 bits per heavy atom. The molecule has 0 spiro atoms. The van der Waals surface area contributed by atoms with Crippen molar-refractivity contribution in [2.75, 3.05) is 0 Å². The summed E-state index contributed by atoms with van der Waals surface area (Å²) in [5.41, 5.74) is 4.62. The fraction of sp³-hybridized carbons (Fsp3) is 0.0870. The van der Waals surface area contributed by atoms with Crippen LogP contribution in [0.2, 0.25) is 0 Å². The van der Waals surface area contributed by atoms with Crippen molar-refractivity contribution >= 4 is 39.4 Å². The predicted octanol–water partition coefficient (Wildman–Crippen LogP) is 5.64. The molecule has 4 nitrogen and oxygen atoms in total. The van der Waals surface area contributed by atoms with Gasteiger partial charge in [0.15, 0.2) is 11.6 Å². The average Bonchev–Trinajstić information content (AvgIpc) is 3.31. The molecule has 1 aliphatic carbocycles. The first-order valence-corrected chi connectivity index (χ1v) is 9.71. The Kier molecular flexibility index (Phi) is 3.67. The number of rotatable bonds is 2. The summed E-state index contributed by atoms with van der Waals surface area (Å²) in [5, 5.41) is 0.875. The van der Waals surface area contributed by atoms with Gasteiger partial charge in [-0.25, -0.2) is 4.98 Å². The number of allylic oxidation sites excluding steroid dienone is 1. The summed E-state index contributed by atoms with van der Waals surface area (Å²) in [5.74, 6) is -0.0344. The lowest BCUT2D eigenvalue weighted by Crippen LogP contribution is -1.99. The number of carbonyl (C=O) groups excluding carboxylic acids is 2. The van der Waals surface area contributed by atoms with Gasteiger partial charge in [-0.2, -0.15) is 0 Å². The van der Waals surface area contributed by atoms with Crippen LogP contribution in [0.3, 0.4) is 0 Å². The Hall–Kier alpha value is -3.31. The largest absolute Gasteiger partial charge is 0.437 e. The summed E-state index contributed by atoms with van der Waals surface area (Å²) in [4.78, 5) is 30.0. The molecule has 0 bridgehead atoms. The number of ketones is 2. The second kappa shape index (κ2) is 6.11. The van der Waals surface area contributed by atoms with Gasteiger partial charge >= 0.3 is 0 Å². The number of hydrogen-bond acceptors (Lipinski definition) is 5. The first-order chi connectivity index (χ1) is 13.5. The summed E-state index contributed by atoms with van der Waals surface area (Å²) in [6.07, 6.45) is 1.53. The smallest absolute Gasteiger partial charge is 0.238 e. The normalized spacial score (nSPS) is 13.4. The van der Waals surface area contributed by atoms with Crippen molar-refractivity contribution in [1.29, 1.82) is 0 Å². The van der Waals surface area contributed by atoms with Gasteiger partial charge in [0.05, 0.1) is 10.3 Å². The molecule has 0 N–H and O–H groups in total. The van der Waals surface area contributed by atoms with Crippen molar-refractivity contribution in [3.05, 3.63) is 82.1 Å². The van der Waals surface area contributed by atoms with E-state index in [0.717, 1.165) is 26.4 Å². The Balaban J connectivity index is 1.53. The third kappa shape index (κ3) is 2.55. The highest BCUT2D eigenvalue weighted by atomic mass is 32.1. The zero-order valence-corrected chi connectivity index (χ0v) is 16.1. The minimum absolute atomic E-state index is 0.143. The van der Waals surface area contributed by atoms with E-state index in [4.69, 9.17) is 4.42 Å². The number of furan rings is 1. The van der Waals surface area contributed by atoms with E-state index >= 15 is 0 Å². The van der Waals surface area contributed by atoms with Crippen molar-refractivity contribution in [1.82, 2.24) is 4.98 Å². The molecule has 0 fully saturated rings. The number of fused-ring (bicyclic) bond motifs is 2. The zero-order valence-electron chi connectivity index (χ0n) is 15.3. The number of thiazole rings is 1. The van der Waals surface area contributed by atoms with E-state index < -0.39 is 0 Å². The van der Waals surface area contributed by atoms with Crippen LogP contribution in [0.15, 0.2) is 58.5 Å². The lowest BCUT2D eigenvalue weighted by atomic mass is 10.0. The molecule has 4 aromatic rings. The van der Waals surface area contributed by atoms with Crippen molar-refractivity contribution < 1.29 is 14.0 Å². The third-order valence-corrected chi connectivity index (χ3v) is 6.06. The van der Waals surface area contributed by atoms with Crippen molar-refractivity contribution in [3.63, 3.8) is 0 Å². The van der Waals surface area contributed by atoms with E-state index in [0.29, 0.717) is 22.6 Å². The lowest BCUT2D eigenvalue weighted by molar-refractivity contribution is 0.0990. The Morgan fingerprint density at radius 3 is 2.18 bits per heavy atom. The molecule has 0 aliphatic heterocycles. The highest BCUT2D eigenvalue weighted by molar-refractivity contribution is 7.21. The average molecular weight is 385 g/mol. The number of Topliss-reactive ketones (excluding diaryl/α,β-unsaturated/α-hetero) is 2. The molecule has 2 aromatic heterocycles. The van der Waals surface area contributed by atoms with Gasteiger partial charge in [-0.15, -0.1) is 11.3 Å². The standard InChI is InChI=1S/C23H15NO3S/c1-12-8-16-17(9-13(12)2)21(26)18(20(16)25)10-15-11-19-22(27-15)24-23(28-19)14-6-4-3-5-7-14/h3-11H,1-2H3. The van der Waals surface area contributed by atoms with E-state index in [-0.39, 0.29) is 17.1 Å². The maximum absolute atomic E-state index is 12.7. The van der Waals surface area contributed by atoms with Crippen LogP contribution in [0, 0.1) is 13.8 Å². The monoisotopic (exact) mass is 385 g/mol. The summed E-state index contributed by atoms with van der Waals surface area (Å²) in [6.45, 7) is 3.87.